The number of rotatable bonds is 7. The Bertz CT molecular complexity index is 885. The van der Waals surface area contributed by atoms with Crippen LogP contribution in [0.1, 0.15) is 31.9 Å². The number of nitrogens with one attached hydrogen (secondary N) is 1. The Balaban J connectivity index is 2.66. The van der Waals surface area contributed by atoms with Crippen LogP contribution in [0.15, 0.2) is 65.7 Å². The molecule has 3 atom stereocenters. The largest absolute Gasteiger partial charge is 0.467 e. The molecule has 5 nitrogen and oxygen atoms in total. The first-order chi connectivity index (χ1) is 14.4. The molecule has 1 N–H and O–H groups in total. The molecule has 0 spiro atoms. The number of esters is 1. The number of aliphatic imine (C=N–C) groups is 1. The SMILES string of the molecule is COC(=O)[C@@H](N=C(c1ccccc1)c1ccccc1)[C@H](N[S@@](=O)C(C)(C)C)C(F)(F)F. The zero-order chi connectivity index (χ0) is 23.2. The fourth-order valence-electron chi connectivity index (χ4n) is 2.63. The lowest BCUT2D eigenvalue weighted by atomic mass is 10.0. The molecule has 0 saturated carbocycles. The number of nitrogens with zero attached hydrogens (tertiary/aromatic N) is 1. The van der Waals surface area contributed by atoms with Gasteiger partial charge in [-0.2, -0.15) is 13.2 Å². The van der Waals surface area contributed by atoms with Crippen molar-refractivity contribution in [2.45, 2.75) is 43.8 Å². The maximum atomic E-state index is 14.0. The van der Waals surface area contributed by atoms with Crippen LogP contribution in [0.3, 0.4) is 0 Å². The minimum atomic E-state index is -4.91. The van der Waals surface area contributed by atoms with Gasteiger partial charge >= 0.3 is 12.1 Å². The second-order valence-corrected chi connectivity index (χ2v) is 9.69. The summed E-state index contributed by atoms with van der Waals surface area (Å²) in [6.45, 7) is 4.58. The summed E-state index contributed by atoms with van der Waals surface area (Å²) in [6, 6.07) is 12.6. The molecule has 0 bridgehead atoms. The first-order valence-corrected chi connectivity index (χ1v) is 10.6. The molecule has 9 heteroatoms. The number of carbonyl (C=O) groups excluding carboxylic acids is 1. The fourth-order valence-corrected chi connectivity index (χ4v) is 3.48. The first kappa shape index (κ1) is 24.7. The minimum Gasteiger partial charge on any atom is -0.467 e. The summed E-state index contributed by atoms with van der Waals surface area (Å²) >= 11 is 0. The third-order valence-electron chi connectivity index (χ3n) is 4.26. The Kier molecular flexibility index (Phi) is 8.14. The molecule has 2 aromatic carbocycles. The van der Waals surface area contributed by atoms with Crippen LogP contribution in [0, 0.1) is 0 Å². The molecule has 0 saturated heterocycles. The minimum absolute atomic E-state index is 0.189. The highest BCUT2D eigenvalue weighted by Gasteiger charge is 2.50. The second kappa shape index (κ2) is 10.2. The van der Waals surface area contributed by atoms with Crippen molar-refractivity contribution in [2.75, 3.05) is 7.11 Å². The summed E-state index contributed by atoms with van der Waals surface area (Å²) < 4.78 is 60.2. The number of carbonyl (C=O) groups is 1. The Labute approximate surface area is 182 Å². The number of benzene rings is 2. The Morgan fingerprint density at radius 2 is 1.42 bits per heavy atom. The number of methoxy groups -OCH3 is 1. The summed E-state index contributed by atoms with van der Waals surface area (Å²) in [5.41, 5.74) is 1.25. The van der Waals surface area contributed by atoms with Gasteiger partial charge in [0, 0.05) is 11.1 Å². The predicted molar refractivity (Wildman–Crippen MR) is 115 cm³/mol. The summed E-state index contributed by atoms with van der Waals surface area (Å²) in [5, 5.41) is 0. The summed E-state index contributed by atoms with van der Waals surface area (Å²) in [4.78, 5) is 16.7. The zero-order valence-electron chi connectivity index (χ0n) is 17.6. The van der Waals surface area contributed by atoms with Crippen molar-refractivity contribution in [2.24, 2.45) is 4.99 Å². The van der Waals surface area contributed by atoms with E-state index in [1.165, 1.54) is 20.8 Å². The van der Waals surface area contributed by atoms with Crippen LogP contribution >= 0.6 is 0 Å². The number of alkyl halides is 3. The van der Waals surface area contributed by atoms with Crippen LogP contribution in [0.4, 0.5) is 13.2 Å². The van der Waals surface area contributed by atoms with Gasteiger partial charge in [0.05, 0.1) is 28.6 Å². The third-order valence-corrected chi connectivity index (χ3v) is 5.84. The number of hydrogen-bond donors (Lipinski definition) is 1. The van der Waals surface area contributed by atoms with Gasteiger partial charge < -0.3 is 4.74 Å². The summed E-state index contributed by atoms with van der Waals surface area (Å²) in [5.74, 6) is -1.19. The highest BCUT2D eigenvalue weighted by Crippen LogP contribution is 2.27. The molecule has 0 aliphatic heterocycles. The molecule has 0 aromatic heterocycles. The Morgan fingerprint density at radius 1 is 0.968 bits per heavy atom. The Hall–Kier alpha value is -2.52. The van der Waals surface area contributed by atoms with Crippen molar-refractivity contribution in [1.29, 1.82) is 0 Å². The standard InChI is InChI=1S/C22H25F3N2O3S/c1-21(2,3)31(29)27-19(22(23,24)25)18(20(28)30-4)26-17(15-11-7-5-8-12-15)16-13-9-6-10-14-16/h5-14,18-19,27H,1-4H3/t18-,19-,31-/m0/s1. The molecule has 0 fully saturated rings. The first-order valence-electron chi connectivity index (χ1n) is 9.46. The van der Waals surface area contributed by atoms with Gasteiger partial charge in [0.25, 0.3) is 0 Å². The van der Waals surface area contributed by atoms with E-state index < -0.39 is 40.0 Å². The number of halogens is 3. The van der Waals surface area contributed by atoms with Crippen molar-refractivity contribution in [3.63, 3.8) is 0 Å². The molecular weight excluding hydrogens is 429 g/mol. The van der Waals surface area contributed by atoms with Crippen molar-refractivity contribution in [1.82, 2.24) is 4.72 Å². The van der Waals surface area contributed by atoms with E-state index >= 15 is 0 Å². The van der Waals surface area contributed by atoms with Crippen LogP contribution in [0.25, 0.3) is 0 Å². The molecule has 0 aliphatic carbocycles. The monoisotopic (exact) mass is 454 g/mol. The van der Waals surface area contributed by atoms with Gasteiger partial charge in [0.15, 0.2) is 6.04 Å². The van der Waals surface area contributed by atoms with Gasteiger partial charge in [-0.3, -0.25) is 4.99 Å². The lowest BCUT2D eigenvalue weighted by molar-refractivity contribution is -0.168. The molecule has 0 amide bonds. The highest BCUT2D eigenvalue weighted by atomic mass is 32.2. The summed E-state index contributed by atoms with van der Waals surface area (Å²) in [7, 11) is -1.11. The normalized spacial score (nSPS) is 14.9. The maximum absolute atomic E-state index is 14.0. The van der Waals surface area contributed by atoms with E-state index in [2.05, 4.69) is 14.5 Å². The van der Waals surface area contributed by atoms with E-state index in [-0.39, 0.29) is 5.71 Å². The van der Waals surface area contributed by atoms with Crippen LogP contribution in [0.2, 0.25) is 0 Å². The molecule has 31 heavy (non-hydrogen) atoms. The van der Waals surface area contributed by atoms with E-state index in [4.69, 9.17) is 0 Å². The molecule has 2 aromatic rings. The molecule has 0 heterocycles. The van der Waals surface area contributed by atoms with Crippen molar-refractivity contribution in [3.8, 4) is 0 Å². The van der Waals surface area contributed by atoms with Crippen LogP contribution in [-0.2, 0) is 20.5 Å². The molecule has 0 unspecified atom stereocenters. The van der Waals surface area contributed by atoms with Gasteiger partial charge in [0.1, 0.15) is 6.04 Å². The highest BCUT2D eigenvalue weighted by molar-refractivity contribution is 7.84. The van der Waals surface area contributed by atoms with Crippen molar-refractivity contribution >= 4 is 22.7 Å². The van der Waals surface area contributed by atoms with E-state index in [9.17, 15) is 22.2 Å². The third kappa shape index (κ3) is 6.73. The van der Waals surface area contributed by atoms with Crippen LogP contribution in [-0.4, -0.2) is 46.0 Å². The second-order valence-electron chi connectivity index (χ2n) is 7.70. The molecule has 0 aliphatic rings. The van der Waals surface area contributed by atoms with Gasteiger partial charge in [-0.05, 0) is 20.8 Å². The van der Waals surface area contributed by atoms with Gasteiger partial charge in [-0.1, -0.05) is 60.7 Å². The van der Waals surface area contributed by atoms with Gasteiger partial charge in [-0.25, -0.2) is 13.7 Å². The van der Waals surface area contributed by atoms with E-state index in [1.54, 1.807) is 60.7 Å². The van der Waals surface area contributed by atoms with E-state index in [0.717, 1.165) is 7.11 Å². The van der Waals surface area contributed by atoms with Gasteiger partial charge in [-0.15, -0.1) is 0 Å². The van der Waals surface area contributed by atoms with Crippen LogP contribution in [0.5, 0.6) is 0 Å². The molecule has 2 rings (SSSR count). The van der Waals surface area contributed by atoms with Crippen molar-refractivity contribution < 1.29 is 26.9 Å². The number of ether oxygens (including phenoxy) is 1. The average molecular weight is 455 g/mol. The average Bonchev–Trinajstić information content (AvgIpc) is 2.72. The summed E-state index contributed by atoms with van der Waals surface area (Å²) in [6.07, 6.45) is -4.91. The molecular formula is C22H25F3N2O3S. The van der Waals surface area contributed by atoms with Crippen molar-refractivity contribution in [3.05, 3.63) is 71.8 Å². The fraction of sp³-hybridized carbons (Fsp3) is 0.364. The number of hydrogen-bond acceptors (Lipinski definition) is 4. The van der Waals surface area contributed by atoms with E-state index in [1.807, 2.05) is 0 Å². The van der Waals surface area contributed by atoms with Gasteiger partial charge in [0.2, 0.25) is 0 Å². The predicted octanol–water partition coefficient (Wildman–Crippen LogP) is 4.05. The maximum Gasteiger partial charge on any atom is 0.407 e. The molecule has 0 radical (unpaired) electrons. The van der Waals surface area contributed by atoms with Crippen LogP contribution < -0.4 is 4.72 Å². The quantitative estimate of drug-likeness (QED) is 0.507. The Morgan fingerprint density at radius 3 is 1.77 bits per heavy atom. The van der Waals surface area contributed by atoms with E-state index in [0.29, 0.717) is 11.1 Å². The lowest BCUT2D eigenvalue weighted by Gasteiger charge is -2.29. The topological polar surface area (TPSA) is 67.8 Å². The molecule has 168 valence electrons. The smallest absolute Gasteiger partial charge is 0.407 e. The lowest BCUT2D eigenvalue weighted by Crippen LogP contribution is -2.56. The zero-order valence-corrected chi connectivity index (χ0v) is 18.5.